The third-order valence-electron chi connectivity index (χ3n) is 3.19. The number of hydrogen-bond acceptors (Lipinski definition) is 6. The molecule has 1 saturated heterocycles. The molecule has 1 aliphatic heterocycles. The van der Waals surface area contributed by atoms with Crippen molar-refractivity contribution in [1.29, 1.82) is 0 Å². The van der Waals surface area contributed by atoms with Gasteiger partial charge in [-0.15, -0.1) is 0 Å². The molecule has 0 spiro atoms. The van der Waals surface area contributed by atoms with Crippen molar-refractivity contribution in [3.63, 3.8) is 0 Å². The molecule has 1 atom stereocenters. The molecule has 100 valence electrons. The van der Waals surface area contributed by atoms with Gasteiger partial charge in [0.1, 0.15) is 5.60 Å². The normalized spacial score (nSPS) is 23.0. The van der Waals surface area contributed by atoms with Crippen molar-refractivity contribution in [3.8, 4) is 5.88 Å². The molecule has 0 saturated carbocycles. The number of pyridine rings is 1. The van der Waals surface area contributed by atoms with Crippen LogP contribution in [0.2, 0.25) is 0 Å². The van der Waals surface area contributed by atoms with E-state index >= 15 is 0 Å². The lowest BCUT2D eigenvalue weighted by atomic mass is 10.0. The van der Waals surface area contributed by atoms with Gasteiger partial charge in [0.05, 0.1) is 19.4 Å². The number of ether oxygens (including phenoxy) is 3. The third-order valence-corrected chi connectivity index (χ3v) is 3.19. The SMILES string of the molecule is COc1ccc(N)c(NCC2(OC)CCOC2)n1. The Morgan fingerprint density at radius 1 is 1.50 bits per heavy atom. The molecule has 0 aliphatic carbocycles. The van der Waals surface area contributed by atoms with Crippen LogP contribution in [0.25, 0.3) is 0 Å². The number of hydrogen-bond donors (Lipinski definition) is 2. The summed E-state index contributed by atoms with van der Waals surface area (Å²) in [4.78, 5) is 4.26. The average molecular weight is 253 g/mol. The van der Waals surface area contributed by atoms with Gasteiger partial charge in [-0.3, -0.25) is 0 Å². The molecule has 0 radical (unpaired) electrons. The summed E-state index contributed by atoms with van der Waals surface area (Å²) in [6, 6.07) is 3.49. The van der Waals surface area contributed by atoms with Gasteiger partial charge < -0.3 is 25.3 Å². The Hall–Kier alpha value is -1.53. The van der Waals surface area contributed by atoms with Crippen molar-refractivity contribution >= 4 is 11.5 Å². The molecule has 6 nitrogen and oxygen atoms in total. The largest absolute Gasteiger partial charge is 0.481 e. The van der Waals surface area contributed by atoms with Crippen LogP contribution in [0, 0.1) is 0 Å². The molecule has 0 bridgehead atoms. The van der Waals surface area contributed by atoms with Crippen molar-refractivity contribution < 1.29 is 14.2 Å². The Morgan fingerprint density at radius 2 is 2.33 bits per heavy atom. The Kier molecular flexibility index (Phi) is 3.88. The monoisotopic (exact) mass is 253 g/mol. The minimum absolute atomic E-state index is 0.294. The second-order valence-corrected chi connectivity index (χ2v) is 4.33. The molecule has 6 heteroatoms. The average Bonchev–Trinajstić information content (AvgIpc) is 2.87. The van der Waals surface area contributed by atoms with Crippen LogP contribution in [0.4, 0.5) is 11.5 Å². The Labute approximate surface area is 106 Å². The highest BCUT2D eigenvalue weighted by atomic mass is 16.5. The number of nitrogens with zero attached hydrogens (tertiary/aromatic N) is 1. The Bertz CT molecular complexity index is 406. The van der Waals surface area contributed by atoms with Gasteiger partial charge in [-0.1, -0.05) is 0 Å². The van der Waals surface area contributed by atoms with E-state index < -0.39 is 0 Å². The number of nitrogen functional groups attached to an aromatic ring is 1. The van der Waals surface area contributed by atoms with Crippen molar-refractivity contribution in [3.05, 3.63) is 12.1 Å². The standard InChI is InChI=1S/C12H19N3O3/c1-16-10-4-3-9(13)11(15-10)14-7-12(17-2)5-6-18-8-12/h3-4H,5-8,13H2,1-2H3,(H,14,15). The van der Waals surface area contributed by atoms with E-state index in [2.05, 4.69) is 10.3 Å². The number of nitrogens with one attached hydrogen (secondary N) is 1. The fourth-order valence-corrected chi connectivity index (χ4v) is 1.91. The lowest BCUT2D eigenvalue weighted by molar-refractivity contribution is -0.00624. The zero-order valence-electron chi connectivity index (χ0n) is 10.7. The van der Waals surface area contributed by atoms with Gasteiger partial charge in [0.15, 0.2) is 5.82 Å². The fourth-order valence-electron chi connectivity index (χ4n) is 1.91. The van der Waals surface area contributed by atoms with Crippen LogP contribution in [0.3, 0.4) is 0 Å². The van der Waals surface area contributed by atoms with Gasteiger partial charge >= 0.3 is 0 Å². The molecule has 1 aromatic heterocycles. The first-order valence-corrected chi connectivity index (χ1v) is 5.86. The van der Waals surface area contributed by atoms with Crippen LogP contribution >= 0.6 is 0 Å². The number of anilines is 2. The smallest absolute Gasteiger partial charge is 0.215 e. The van der Waals surface area contributed by atoms with Gasteiger partial charge in [-0.25, -0.2) is 0 Å². The fraction of sp³-hybridized carbons (Fsp3) is 0.583. The summed E-state index contributed by atoms with van der Waals surface area (Å²) in [5, 5.41) is 3.20. The molecule has 0 aromatic carbocycles. The molecule has 1 aromatic rings. The van der Waals surface area contributed by atoms with Crippen LogP contribution < -0.4 is 15.8 Å². The molecule has 2 rings (SSSR count). The van der Waals surface area contributed by atoms with Crippen LogP contribution in [-0.4, -0.2) is 44.6 Å². The van der Waals surface area contributed by atoms with E-state index in [9.17, 15) is 0 Å². The summed E-state index contributed by atoms with van der Waals surface area (Å²) in [5.41, 5.74) is 6.15. The highest BCUT2D eigenvalue weighted by Crippen LogP contribution is 2.25. The predicted octanol–water partition coefficient (Wildman–Crippen LogP) is 0.890. The highest BCUT2D eigenvalue weighted by Gasteiger charge is 2.34. The van der Waals surface area contributed by atoms with Gasteiger partial charge in [0.2, 0.25) is 5.88 Å². The van der Waals surface area contributed by atoms with E-state index in [0.717, 1.165) is 13.0 Å². The molecule has 1 fully saturated rings. The van der Waals surface area contributed by atoms with E-state index in [4.69, 9.17) is 19.9 Å². The maximum absolute atomic E-state index is 5.86. The predicted molar refractivity (Wildman–Crippen MR) is 68.9 cm³/mol. The summed E-state index contributed by atoms with van der Waals surface area (Å²) in [6.45, 7) is 1.91. The van der Waals surface area contributed by atoms with Crippen molar-refractivity contribution in [1.82, 2.24) is 4.98 Å². The van der Waals surface area contributed by atoms with Crippen molar-refractivity contribution in [2.45, 2.75) is 12.0 Å². The first-order chi connectivity index (χ1) is 8.69. The zero-order valence-corrected chi connectivity index (χ0v) is 10.7. The third kappa shape index (κ3) is 2.65. The Balaban J connectivity index is 2.05. The first kappa shape index (κ1) is 12.9. The van der Waals surface area contributed by atoms with Crippen molar-refractivity contribution in [2.75, 3.05) is 45.0 Å². The molecule has 2 heterocycles. The quantitative estimate of drug-likeness (QED) is 0.811. The number of aromatic nitrogens is 1. The Morgan fingerprint density at radius 3 is 2.94 bits per heavy atom. The highest BCUT2D eigenvalue weighted by molar-refractivity contribution is 5.62. The summed E-state index contributed by atoms with van der Waals surface area (Å²) in [5.74, 6) is 1.14. The van der Waals surface area contributed by atoms with Crippen LogP contribution in [-0.2, 0) is 9.47 Å². The lowest BCUT2D eigenvalue weighted by Crippen LogP contribution is -2.39. The van der Waals surface area contributed by atoms with Crippen LogP contribution in [0.5, 0.6) is 5.88 Å². The van der Waals surface area contributed by atoms with E-state index in [0.29, 0.717) is 30.5 Å². The summed E-state index contributed by atoms with van der Waals surface area (Å²) >= 11 is 0. The van der Waals surface area contributed by atoms with Gasteiger partial charge in [0.25, 0.3) is 0 Å². The molecule has 0 amide bonds. The number of nitrogens with two attached hydrogens (primary N) is 1. The maximum atomic E-state index is 5.86. The summed E-state index contributed by atoms with van der Waals surface area (Å²) in [7, 11) is 3.27. The second kappa shape index (κ2) is 5.41. The van der Waals surface area contributed by atoms with E-state index in [1.807, 2.05) is 0 Å². The minimum atomic E-state index is -0.294. The molecule has 1 aliphatic rings. The van der Waals surface area contributed by atoms with Gasteiger partial charge in [0, 0.05) is 32.7 Å². The molecule has 1 unspecified atom stereocenters. The zero-order chi connectivity index (χ0) is 13.0. The van der Waals surface area contributed by atoms with E-state index in [1.54, 1.807) is 26.4 Å². The van der Waals surface area contributed by atoms with Gasteiger partial charge in [-0.05, 0) is 6.07 Å². The molecular formula is C12H19N3O3. The van der Waals surface area contributed by atoms with Gasteiger partial charge in [-0.2, -0.15) is 4.98 Å². The first-order valence-electron chi connectivity index (χ1n) is 5.86. The van der Waals surface area contributed by atoms with E-state index in [1.165, 1.54) is 0 Å². The second-order valence-electron chi connectivity index (χ2n) is 4.33. The lowest BCUT2D eigenvalue weighted by Gasteiger charge is -2.26. The maximum Gasteiger partial charge on any atom is 0.215 e. The molecule has 18 heavy (non-hydrogen) atoms. The summed E-state index contributed by atoms with van der Waals surface area (Å²) in [6.07, 6.45) is 0.861. The molecular weight excluding hydrogens is 234 g/mol. The molecule has 3 N–H and O–H groups in total. The van der Waals surface area contributed by atoms with E-state index in [-0.39, 0.29) is 5.60 Å². The minimum Gasteiger partial charge on any atom is -0.481 e. The van der Waals surface area contributed by atoms with Crippen LogP contribution in [0.1, 0.15) is 6.42 Å². The topological polar surface area (TPSA) is 78.6 Å². The van der Waals surface area contributed by atoms with Crippen LogP contribution in [0.15, 0.2) is 12.1 Å². The number of methoxy groups -OCH3 is 2. The summed E-state index contributed by atoms with van der Waals surface area (Å²) < 4.78 is 16.0. The van der Waals surface area contributed by atoms with Crippen molar-refractivity contribution in [2.24, 2.45) is 0 Å². The number of rotatable bonds is 5.